The normalized spacial score (nSPS) is 16.4. The number of carbonyl (C=O) groups is 2. The highest BCUT2D eigenvalue weighted by Gasteiger charge is 2.35. The van der Waals surface area contributed by atoms with Gasteiger partial charge < -0.3 is 10.1 Å². The van der Waals surface area contributed by atoms with Crippen LogP contribution in [0.4, 0.5) is 11.4 Å². The van der Waals surface area contributed by atoms with Crippen molar-refractivity contribution in [1.29, 1.82) is 0 Å². The maximum Gasteiger partial charge on any atom is 0.238 e. The third kappa shape index (κ3) is 8.87. The number of carbonyl (C=O) groups excluding carboxylic acids is 2. The van der Waals surface area contributed by atoms with Crippen LogP contribution in [-0.4, -0.2) is 40.3 Å². The third-order valence-corrected chi connectivity index (χ3v) is 7.78. The molecule has 3 aromatic rings. The molecule has 1 heterocycles. The standard InChI is InChI=1S/C31H34ClN3O3S/c1-2-3-4-8-21-38-27-17-15-25(16-18-27)33-30(37)28-22-29(36)35(20-19-23-9-6-5-7-10-23)31(39-28)34-26-13-11-24(32)12-14-26/h5-7,9-18,28H,2-4,8,19-22H2,1H3,(H,33,37). The second kappa shape index (κ2) is 14.8. The van der Waals surface area contributed by atoms with Gasteiger partial charge in [0.25, 0.3) is 0 Å². The molecule has 1 atom stereocenters. The summed E-state index contributed by atoms with van der Waals surface area (Å²) >= 11 is 7.35. The van der Waals surface area contributed by atoms with E-state index in [2.05, 4.69) is 12.2 Å². The second-order valence-corrected chi connectivity index (χ2v) is 11.0. The highest BCUT2D eigenvalue weighted by atomic mass is 35.5. The van der Waals surface area contributed by atoms with Gasteiger partial charge in [-0.2, -0.15) is 0 Å². The number of benzene rings is 3. The lowest BCUT2D eigenvalue weighted by atomic mass is 10.1. The minimum atomic E-state index is -0.592. The van der Waals surface area contributed by atoms with Crippen molar-refractivity contribution in [1.82, 2.24) is 4.90 Å². The van der Waals surface area contributed by atoms with E-state index in [9.17, 15) is 9.59 Å². The van der Waals surface area contributed by atoms with E-state index in [0.717, 1.165) is 24.2 Å². The van der Waals surface area contributed by atoms with Crippen LogP contribution in [0.3, 0.4) is 0 Å². The van der Waals surface area contributed by atoms with E-state index >= 15 is 0 Å². The smallest absolute Gasteiger partial charge is 0.238 e. The first kappa shape index (κ1) is 28.7. The maximum absolute atomic E-state index is 13.3. The Bertz CT molecular complexity index is 1250. The Morgan fingerprint density at radius 1 is 1.03 bits per heavy atom. The minimum Gasteiger partial charge on any atom is -0.494 e. The van der Waals surface area contributed by atoms with Gasteiger partial charge in [-0.15, -0.1) is 0 Å². The molecule has 3 aromatic carbocycles. The molecule has 0 bridgehead atoms. The van der Waals surface area contributed by atoms with Gasteiger partial charge in [0, 0.05) is 23.7 Å². The van der Waals surface area contributed by atoms with Crippen LogP contribution in [0.1, 0.15) is 44.6 Å². The molecule has 0 aromatic heterocycles. The number of ether oxygens (including phenoxy) is 1. The van der Waals surface area contributed by atoms with Gasteiger partial charge in [-0.3, -0.25) is 14.5 Å². The van der Waals surface area contributed by atoms with E-state index in [-0.39, 0.29) is 18.2 Å². The molecular weight excluding hydrogens is 530 g/mol. The van der Waals surface area contributed by atoms with Crippen molar-refractivity contribution < 1.29 is 14.3 Å². The van der Waals surface area contributed by atoms with Crippen molar-refractivity contribution in [2.75, 3.05) is 18.5 Å². The lowest BCUT2D eigenvalue weighted by Crippen LogP contribution is -2.46. The summed E-state index contributed by atoms with van der Waals surface area (Å²) in [6.07, 6.45) is 5.39. The van der Waals surface area contributed by atoms with Crippen LogP contribution in [0, 0.1) is 0 Å². The predicted molar refractivity (Wildman–Crippen MR) is 161 cm³/mol. The summed E-state index contributed by atoms with van der Waals surface area (Å²) in [5.74, 6) is 0.427. The minimum absolute atomic E-state index is 0.101. The molecular formula is C31H34ClN3O3S. The van der Waals surface area contributed by atoms with Crippen LogP contribution in [-0.2, 0) is 16.0 Å². The number of amides is 2. The zero-order valence-corrected chi connectivity index (χ0v) is 23.7. The van der Waals surface area contributed by atoms with Crippen molar-refractivity contribution in [2.24, 2.45) is 4.99 Å². The molecule has 1 unspecified atom stereocenters. The number of anilines is 1. The molecule has 8 heteroatoms. The molecule has 204 valence electrons. The zero-order valence-electron chi connectivity index (χ0n) is 22.1. The highest BCUT2D eigenvalue weighted by molar-refractivity contribution is 8.15. The molecule has 2 amide bonds. The number of rotatable bonds is 12. The lowest BCUT2D eigenvalue weighted by molar-refractivity contribution is -0.129. The molecule has 1 aliphatic rings. The van der Waals surface area contributed by atoms with Crippen LogP contribution in [0.15, 0.2) is 83.9 Å². The number of hydrogen-bond donors (Lipinski definition) is 1. The summed E-state index contributed by atoms with van der Waals surface area (Å²) < 4.78 is 5.80. The quantitative estimate of drug-likeness (QED) is 0.232. The first-order valence-corrected chi connectivity index (χ1v) is 14.7. The van der Waals surface area contributed by atoms with Crippen molar-refractivity contribution in [3.05, 3.63) is 89.4 Å². The fraction of sp³-hybridized carbons (Fsp3) is 0.323. The van der Waals surface area contributed by atoms with E-state index in [1.165, 1.54) is 24.6 Å². The lowest BCUT2D eigenvalue weighted by Gasteiger charge is -2.32. The molecule has 39 heavy (non-hydrogen) atoms. The van der Waals surface area contributed by atoms with Gasteiger partial charge in [-0.25, -0.2) is 4.99 Å². The zero-order chi connectivity index (χ0) is 27.5. The molecule has 0 radical (unpaired) electrons. The molecule has 1 fully saturated rings. The predicted octanol–water partition coefficient (Wildman–Crippen LogP) is 7.50. The van der Waals surface area contributed by atoms with Crippen LogP contribution in [0.5, 0.6) is 5.75 Å². The van der Waals surface area contributed by atoms with Gasteiger partial charge in [-0.1, -0.05) is 79.9 Å². The molecule has 0 spiro atoms. The molecule has 0 saturated carbocycles. The fourth-order valence-corrected chi connectivity index (χ4v) is 5.40. The van der Waals surface area contributed by atoms with E-state index < -0.39 is 5.25 Å². The number of thioether (sulfide) groups is 1. The number of aliphatic imine (C=N–C) groups is 1. The molecule has 1 aliphatic heterocycles. The number of nitrogens with zero attached hydrogens (tertiary/aromatic N) is 2. The molecule has 0 aliphatic carbocycles. The molecule has 6 nitrogen and oxygen atoms in total. The van der Waals surface area contributed by atoms with E-state index in [4.69, 9.17) is 21.3 Å². The average Bonchev–Trinajstić information content (AvgIpc) is 2.95. The summed E-state index contributed by atoms with van der Waals surface area (Å²) in [7, 11) is 0. The first-order chi connectivity index (χ1) is 19.0. The monoisotopic (exact) mass is 563 g/mol. The van der Waals surface area contributed by atoms with Gasteiger partial charge >= 0.3 is 0 Å². The van der Waals surface area contributed by atoms with Gasteiger partial charge in [0.15, 0.2) is 5.17 Å². The Kier molecular flexibility index (Phi) is 10.9. The first-order valence-electron chi connectivity index (χ1n) is 13.4. The average molecular weight is 564 g/mol. The summed E-state index contributed by atoms with van der Waals surface area (Å²) in [4.78, 5) is 32.9. The van der Waals surface area contributed by atoms with E-state index in [0.29, 0.717) is 41.1 Å². The summed E-state index contributed by atoms with van der Waals surface area (Å²) in [6, 6.07) is 24.5. The van der Waals surface area contributed by atoms with Gasteiger partial charge in [0.2, 0.25) is 11.8 Å². The summed E-state index contributed by atoms with van der Waals surface area (Å²) in [5, 5.41) is 3.48. The third-order valence-electron chi connectivity index (χ3n) is 6.34. The summed E-state index contributed by atoms with van der Waals surface area (Å²) in [5.41, 5.74) is 2.47. The Morgan fingerprint density at radius 3 is 2.49 bits per heavy atom. The highest BCUT2D eigenvalue weighted by Crippen LogP contribution is 2.31. The van der Waals surface area contributed by atoms with Crippen LogP contribution < -0.4 is 10.1 Å². The van der Waals surface area contributed by atoms with Gasteiger partial charge in [-0.05, 0) is 66.9 Å². The Labute approximate surface area is 239 Å². The number of amidine groups is 1. The number of nitrogens with one attached hydrogen (secondary N) is 1. The SMILES string of the molecule is CCCCCCOc1ccc(NC(=O)C2CC(=O)N(CCc3ccccc3)C(=Nc3ccc(Cl)cc3)S2)cc1. The Hall–Kier alpha value is -3.29. The van der Waals surface area contributed by atoms with Crippen LogP contribution in [0.2, 0.25) is 5.02 Å². The second-order valence-electron chi connectivity index (χ2n) is 9.39. The van der Waals surface area contributed by atoms with E-state index in [1.807, 2.05) is 54.6 Å². The number of hydrogen-bond acceptors (Lipinski definition) is 5. The van der Waals surface area contributed by atoms with Gasteiger partial charge in [0.1, 0.15) is 11.0 Å². The largest absolute Gasteiger partial charge is 0.494 e. The van der Waals surface area contributed by atoms with Crippen LogP contribution in [0.25, 0.3) is 0 Å². The van der Waals surface area contributed by atoms with Crippen LogP contribution >= 0.6 is 23.4 Å². The van der Waals surface area contributed by atoms with Crippen molar-refractivity contribution in [3.63, 3.8) is 0 Å². The summed E-state index contributed by atoms with van der Waals surface area (Å²) in [6.45, 7) is 3.35. The Morgan fingerprint density at radius 2 is 1.77 bits per heavy atom. The molecule has 4 rings (SSSR count). The topological polar surface area (TPSA) is 71.0 Å². The Balaban J connectivity index is 1.41. The van der Waals surface area contributed by atoms with Crippen molar-refractivity contribution in [2.45, 2.75) is 50.7 Å². The van der Waals surface area contributed by atoms with Crippen molar-refractivity contribution >= 4 is 51.7 Å². The van der Waals surface area contributed by atoms with Gasteiger partial charge in [0.05, 0.1) is 12.3 Å². The fourth-order valence-electron chi connectivity index (χ4n) is 4.15. The van der Waals surface area contributed by atoms with Crippen molar-refractivity contribution in [3.8, 4) is 5.75 Å². The number of halogens is 1. The maximum atomic E-state index is 13.3. The molecule has 1 saturated heterocycles. The number of unbranched alkanes of at least 4 members (excludes halogenated alkanes) is 3. The molecule has 1 N–H and O–H groups in total. The van der Waals surface area contributed by atoms with E-state index in [1.54, 1.807) is 29.2 Å².